The molecular formula is C8H14N2O2. The van der Waals surface area contributed by atoms with Crippen LogP contribution in [0, 0.1) is 0 Å². The van der Waals surface area contributed by atoms with E-state index in [2.05, 4.69) is 11.7 Å². The molecule has 68 valence electrons. The van der Waals surface area contributed by atoms with Crippen LogP contribution in [0.15, 0.2) is 16.9 Å². The molecule has 4 heteroatoms. The van der Waals surface area contributed by atoms with Gasteiger partial charge in [0.05, 0.1) is 6.61 Å². The summed E-state index contributed by atoms with van der Waals surface area (Å²) in [5, 5.41) is 0. The van der Waals surface area contributed by atoms with Gasteiger partial charge in [0.15, 0.2) is 5.70 Å². The second-order valence-corrected chi connectivity index (χ2v) is 2.36. The van der Waals surface area contributed by atoms with Crippen molar-refractivity contribution in [1.29, 1.82) is 0 Å². The maximum Gasteiger partial charge on any atom is 0.358 e. The molecule has 0 radical (unpaired) electrons. The Bertz CT molecular complexity index is 197. The quantitative estimate of drug-likeness (QED) is 0.353. The van der Waals surface area contributed by atoms with E-state index in [9.17, 15) is 4.79 Å². The van der Waals surface area contributed by atoms with Gasteiger partial charge in [-0.1, -0.05) is 0 Å². The molecule has 0 rings (SSSR count). The molecule has 0 spiro atoms. The molecule has 0 fully saturated rings. The molecule has 0 heterocycles. The average molecular weight is 170 g/mol. The number of hydrogen-bond donors (Lipinski definition) is 0. The Balaban J connectivity index is 4.34. The number of ether oxygens (including phenoxy) is 1. The van der Waals surface area contributed by atoms with E-state index < -0.39 is 5.97 Å². The highest BCUT2D eigenvalue weighted by atomic mass is 16.5. The van der Waals surface area contributed by atoms with Gasteiger partial charge in [-0.15, -0.1) is 0 Å². The Hall–Kier alpha value is -1.32. The smallest absolute Gasteiger partial charge is 0.358 e. The first kappa shape index (κ1) is 10.7. The van der Waals surface area contributed by atoms with Crippen LogP contribution in [-0.2, 0) is 9.53 Å². The Morgan fingerprint density at radius 3 is 2.58 bits per heavy atom. The van der Waals surface area contributed by atoms with Crippen molar-refractivity contribution >= 4 is 12.7 Å². The van der Waals surface area contributed by atoms with Crippen molar-refractivity contribution < 1.29 is 9.53 Å². The molecule has 0 atom stereocenters. The van der Waals surface area contributed by atoms with Gasteiger partial charge in [0.2, 0.25) is 0 Å². The zero-order valence-electron chi connectivity index (χ0n) is 7.70. The molecule has 0 saturated carbocycles. The minimum absolute atomic E-state index is 0.224. The van der Waals surface area contributed by atoms with E-state index in [4.69, 9.17) is 4.74 Å². The highest BCUT2D eigenvalue weighted by Crippen LogP contribution is 1.99. The number of carbonyl (C=O) groups is 1. The van der Waals surface area contributed by atoms with Gasteiger partial charge < -0.3 is 9.64 Å². The summed E-state index contributed by atoms with van der Waals surface area (Å²) >= 11 is 0. The van der Waals surface area contributed by atoms with E-state index >= 15 is 0 Å². The molecule has 0 aliphatic heterocycles. The molecule has 0 aliphatic carbocycles. The monoisotopic (exact) mass is 170 g/mol. The molecule has 0 aromatic heterocycles. The third-order valence-corrected chi connectivity index (χ3v) is 1.04. The SMILES string of the molecule is C=NC(=CN(C)C)C(=O)OCC. The standard InChI is InChI=1S/C8H14N2O2/c1-5-12-8(11)7(9-2)6-10(3)4/h6H,2,5H2,1,3-4H3. The number of esters is 1. The van der Waals surface area contributed by atoms with E-state index in [-0.39, 0.29) is 5.70 Å². The van der Waals surface area contributed by atoms with Gasteiger partial charge in [0.1, 0.15) is 0 Å². The third kappa shape index (κ3) is 3.75. The van der Waals surface area contributed by atoms with Gasteiger partial charge in [-0.05, 0) is 13.6 Å². The minimum Gasteiger partial charge on any atom is -0.461 e. The van der Waals surface area contributed by atoms with E-state index in [1.54, 1.807) is 32.1 Å². The number of rotatable bonds is 4. The summed E-state index contributed by atoms with van der Waals surface area (Å²) in [7, 11) is 3.59. The van der Waals surface area contributed by atoms with Crippen molar-refractivity contribution in [3.63, 3.8) is 0 Å². The van der Waals surface area contributed by atoms with Crippen LogP contribution >= 0.6 is 0 Å². The molecule has 12 heavy (non-hydrogen) atoms. The van der Waals surface area contributed by atoms with E-state index in [0.717, 1.165) is 0 Å². The van der Waals surface area contributed by atoms with E-state index in [1.165, 1.54) is 0 Å². The molecule has 0 aromatic carbocycles. The number of nitrogens with zero attached hydrogens (tertiary/aromatic N) is 2. The van der Waals surface area contributed by atoms with Crippen molar-refractivity contribution in [1.82, 2.24) is 4.90 Å². The molecule has 4 nitrogen and oxygen atoms in total. The van der Waals surface area contributed by atoms with Gasteiger partial charge in [-0.2, -0.15) is 0 Å². The van der Waals surface area contributed by atoms with Crippen LogP contribution in [0.2, 0.25) is 0 Å². The third-order valence-electron chi connectivity index (χ3n) is 1.04. The lowest BCUT2D eigenvalue weighted by atomic mass is 10.5. The summed E-state index contributed by atoms with van der Waals surface area (Å²) < 4.78 is 4.73. The molecular weight excluding hydrogens is 156 g/mol. The van der Waals surface area contributed by atoms with Crippen LogP contribution < -0.4 is 0 Å². The Labute approximate surface area is 72.5 Å². The molecule has 0 N–H and O–H groups in total. The summed E-state index contributed by atoms with van der Waals surface area (Å²) in [5.41, 5.74) is 0.224. The first-order chi connectivity index (χ1) is 5.61. The van der Waals surface area contributed by atoms with Gasteiger partial charge in [0.25, 0.3) is 0 Å². The Kier molecular flexibility index (Phi) is 4.76. The molecule has 0 bridgehead atoms. The van der Waals surface area contributed by atoms with Crippen LogP contribution in [0.25, 0.3) is 0 Å². The van der Waals surface area contributed by atoms with Crippen molar-refractivity contribution in [2.45, 2.75) is 6.92 Å². The lowest BCUT2D eigenvalue weighted by Gasteiger charge is -2.06. The van der Waals surface area contributed by atoms with Crippen LogP contribution in [0.1, 0.15) is 6.92 Å². The van der Waals surface area contributed by atoms with Gasteiger partial charge >= 0.3 is 5.97 Å². The molecule has 0 aliphatic rings. The molecule has 0 amide bonds. The van der Waals surface area contributed by atoms with Crippen molar-refractivity contribution in [2.24, 2.45) is 4.99 Å². The number of carbonyl (C=O) groups excluding carboxylic acids is 1. The normalized spacial score (nSPS) is 10.8. The lowest BCUT2D eigenvalue weighted by Crippen LogP contribution is -2.10. The Morgan fingerprint density at radius 2 is 2.25 bits per heavy atom. The maximum atomic E-state index is 11.1. The summed E-state index contributed by atoms with van der Waals surface area (Å²) in [4.78, 5) is 16.3. The fraction of sp³-hybridized carbons (Fsp3) is 0.500. The van der Waals surface area contributed by atoms with Crippen LogP contribution in [0.4, 0.5) is 0 Å². The highest BCUT2D eigenvalue weighted by Gasteiger charge is 2.07. The highest BCUT2D eigenvalue weighted by molar-refractivity contribution is 5.88. The zero-order chi connectivity index (χ0) is 9.56. The summed E-state index contributed by atoms with van der Waals surface area (Å²) in [6, 6.07) is 0. The Morgan fingerprint density at radius 1 is 1.67 bits per heavy atom. The summed E-state index contributed by atoms with van der Waals surface area (Å²) in [5.74, 6) is -0.443. The van der Waals surface area contributed by atoms with Gasteiger partial charge in [0, 0.05) is 20.3 Å². The predicted molar refractivity (Wildman–Crippen MR) is 48.0 cm³/mol. The van der Waals surface area contributed by atoms with Crippen LogP contribution in [-0.4, -0.2) is 38.3 Å². The maximum absolute atomic E-state index is 11.1. The lowest BCUT2D eigenvalue weighted by molar-refractivity contribution is -0.138. The number of aliphatic imine (C=N–C) groups is 1. The minimum atomic E-state index is -0.443. The van der Waals surface area contributed by atoms with E-state index in [1.807, 2.05) is 0 Å². The fourth-order valence-corrected chi connectivity index (χ4v) is 0.608. The van der Waals surface area contributed by atoms with Crippen molar-refractivity contribution in [3.8, 4) is 0 Å². The average Bonchev–Trinajstić information content (AvgIpc) is 2.00. The van der Waals surface area contributed by atoms with Crippen molar-refractivity contribution in [3.05, 3.63) is 11.9 Å². The molecule has 0 saturated heterocycles. The second-order valence-electron chi connectivity index (χ2n) is 2.36. The summed E-state index contributed by atoms with van der Waals surface area (Å²) in [6.07, 6.45) is 1.56. The predicted octanol–water partition coefficient (Wildman–Crippen LogP) is 0.653. The van der Waals surface area contributed by atoms with Crippen LogP contribution in [0.3, 0.4) is 0 Å². The second kappa shape index (κ2) is 5.35. The van der Waals surface area contributed by atoms with Gasteiger partial charge in [-0.25, -0.2) is 4.79 Å². The summed E-state index contributed by atoms with van der Waals surface area (Å²) in [6.45, 7) is 5.36. The molecule has 0 unspecified atom stereocenters. The zero-order valence-corrected chi connectivity index (χ0v) is 7.70. The largest absolute Gasteiger partial charge is 0.461 e. The fourth-order valence-electron chi connectivity index (χ4n) is 0.608. The first-order valence-corrected chi connectivity index (χ1v) is 3.64. The topological polar surface area (TPSA) is 41.9 Å². The van der Waals surface area contributed by atoms with Crippen molar-refractivity contribution in [2.75, 3.05) is 20.7 Å². The van der Waals surface area contributed by atoms with Gasteiger partial charge in [-0.3, -0.25) is 4.99 Å². The molecule has 0 aromatic rings. The first-order valence-electron chi connectivity index (χ1n) is 3.64. The number of hydrogen-bond acceptors (Lipinski definition) is 4. The van der Waals surface area contributed by atoms with E-state index in [0.29, 0.717) is 6.61 Å². The van der Waals surface area contributed by atoms with Crippen LogP contribution in [0.5, 0.6) is 0 Å².